The van der Waals surface area contributed by atoms with Crippen molar-refractivity contribution in [1.82, 2.24) is 0 Å². The van der Waals surface area contributed by atoms with E-state index in [0.29, 0.717) is 53.6 Å². The maximum Gasteiger partial charge on any atom is 0.341 e. The van der Waals surface area contributed by atoms with E-state index in [4.69, 9.17) is 28.4 Å². The zero-order valence-corrected chi connectivity index (χ0v) is 24.8. The Hall–Kier alpha value is -4.28. The largest absolute Gasteiger partial charge is 0.496 e. The second-order valence-corrected chi connectivity index (χ2v) is 10.2. The topological polar surface area (TPSA) is 119 Å². The van der Waals surface area contributed by atoms with Crippen molar-refractivity contribution in [1.29, 1.82) is 0 Å². The van der Waals surface area contributed by atoms with E-state index in [1.807, 2.05) is 18.2 Å². The van der Waals surface area contributed by atoms with E-state index in [1.165, 1.54) is 34.0 Å². The molecule has 0 aromatic heterocycles. The molecule has 2 aliphatic carbocycles. The van der Waals surface area contributed by atoms with E-state index < -0.39 is 11.9 Å². The number of carbonyl (C=O) groups excluding carboxylic acids is 2. The summed E-state index contributed by atoms with van der Waals surface area (Å²) < 4.78 is 37.2. The number of hydrogen-bond acceptors (Lipinski definition) is 10. The average Bonchev–Trinajstić information content (AvgIpc) is 3.01. The molecule has 0 unspecified atom stereocenters. The van der Waals surface area contributed by atoms with Crippen LogP contribution < -0.4 is 18.9 Å². The number of methoxy groups -OCH3 is 4. The van der Waals surface area contributed by atoms with Crippen LogP contribution in [-0.4, -0.2) is 69.9 Å². The summed E-state index contributed by atoms with van der Waals surface area (Å²) in [7, 11) is 5.67. The first-order valence-electron chi connectivity index (χ1n) is 14.0. The Labute approximate surface area is 266 Å². The van der Waals surface area contributed by atoms with Gasteiger partial charge in [0, 0.05) is 37.8 Å². The van der Waals surface area contributed by atoms with Crippen LogP contribution in [0, 0.1) is 0 Å². The van der Waals surface area contributed by atoms with Crippen molar-refractivity contribution in [3.63, 3.8) is 0 Å². The smallest absolute Gasteiger partial charge is 0.341 e. The molecule has 0 spiro atoms. The molecule has 10 heteroatoms. The van der Waals surface area contributed by atoms with Crippen molar-refractivity contribution < 1.29 is 47.9 Å². The Morgan fingerprint density at radius 3 is 1.56 bits per heavy atom. The van der Waals surface area contributed by atoms with Crippen molar-refractivity contribution in [2.24, 2.45) is 0 Å². The molecule has 10 nitrogen and oxygen atoms in total. The van der Waals surface area contributed by atoms with Crippen LogP contribution in [0.4, 0.5) is 0 Å². The summed E-state index contributed by atoms with van der Waals surface area (Å²) in [6.45, 7) is 0.625. The van der Waals surface area contributed by atoms with Crippen molar-refractivity contribution in [3.8, 4) is 23.0 Å². The fourth-order valence-corrected chi connectivity index (χ4v) is 4.60. The molecule has 2 saturated carbocycles. The van der Waals surface area contributed by atoms with Crippen molar-refractivity contribution >= 4 is 11.9 Å². The summed E-state index contributed by atoms with van der Waals surface area (Å²) >= 11 is 0. The molecule has 0 atom stereocenters. The maximum absolute atomic E-state index is 11.7. The van der Waals surface area contributed by atoms with Gasteiger partial charge in [0.1, 0.15) is 46.3 Å². The fraction of sp³-hybridized carbons (Fsp3) is 0.429. The van der Waals surface area contributed by atoms with Crippen molar-refractivity contribution in [2.45, 2.75) is 71.6 Å². The SMILES string of the molecule is C.C.COC(=O)c1ccc(OC2CC(O)C2)cc1OC.COC(=O)c1ccc(OC2CC(OCc3ccccc3)C2)cc1OC. The number of hydrogen-bond donors (Lipinski definition) is 1. The lowest BCUT2D eigenvalue weighted by atomic mass is 9.92. The van der Waals surface area contributed by atoms with Gasteiger partial charge in [-0.1, -0.05) is 45.2 Å². The molecule has 2 fully saturated rings. The Morgan fingerprint density at radius 1 is 0.667 bits per heavy atom. The second kappa shape index (κ2) is 17.9. The van der Waals surface area contributed by atoms with E-state index in [0.717, 1.165) is 12.8 Å². The van der Waals surface area contributed by atoms with Gasteiger partial charge < -0.3 is 38.3 Å². The molecule has 0 amide bonds. The number of benzene rings is 3. The van der Waals surface area contributed by atoms with E-state index in [1.54, 1.807) is 36.4 Å². The van der Waals surface area contributed by atoms with Crippen LogP contribution in [0.1, 0.15) is 66.8 Å². The summed E-state index contributed by atoms with van der Waals surface area (Å²) in [6, 6.07) is 20.2. The van der Waals surface area contributed by atoms with Crippen LogP contribution >= 0.6 is 0 Å². The molecule has 3 aromatic carbocycles. The molecule has 1 N–H and O–H groups in total. The molecule has 45 heavy (non-hydrogen) atoms. The predicted molar refractivity (Wildman–Crippen MR) is 170 cm³/mol. The zero-order chi connectivity index (χ0) is 30.8. The minimum atomic E-state index is -0.447. The number of esters is 2. The highest BCUT2D eigenvalue weighted by Crippen LogP contribution is 2.32. The minimum Gasteiger partial charge on any atom is -0.496 e. The van der Waals surface area contributed by atoms with Gasteiger partial charge in [-0.3, -0.25) is 0 Å². The average molecular weight is 627 g/mol. The molecular formula is C35H46O10. The second-order valence-electron chi connectivity index (χ2n) is 10.2. The number of aliphatic hydroxyl groups is 1. The molecule has 3 aromatic rings. The van der Waals surface area contributed by atoms with E-state index in [2.05, 4.69) is 16.9 Å². The summed E-state index contributed by atoms with van der Waals surface area (Å²) in [4.78, 5) is 23.1. The quantitative estimate of drug-likeness (QED) is 0.244. The van der Waals surface area contributed by atoms with Gasteiger partial charge in [-0.2, -0.15) is 0 Å². The van der Waals surface area contributed by atoms with E-state index in [-0.39, 0.29) is 39.3 Å². The van der Waals surface area contributed by atoms with Crippen LogP contribution in [0.25, 0.3) is 0 Å². The Kier molecular flexibility index (Phi) is 14.7. The highest BCUT2D eigenvalue weighted by atomic mass is 16.5. The number of rotatable bonds is 11. The fourth-order valence-electron chi connectivity index (χ4n) is 4.60. The normalized spacial score (nSPS) is 19.3. The highest BCUT2D eigenvalue weighted by molar-refractivity contribution is 5.93. The first-order chi connectivity index (χ1) is 20.8. The van der Waals surface area contributed by atoms with Crippen LogP contribution in [-0.2, 0) is 20.8 Å². The Balaban J connectivity index is 0.000000315. The van der Waals surface area contributed by atoms with Gasteiger partial charge >= 0.3 is 11.9 Å². The monoisotopic (exact) mass is 626 g/mol. The molecule has 0 saturated heterocycles. The first-order valence-corrected chi connectivity index (χ1v) is 14.0. The Bertz CT molecular complexity index is 1350. The zero-order valence-electron chi connectivity index (χ0n) is 24.8. The van der Waals surface area contributed by atoms with Gasteiger partial charge in [0.25, 0.3) is 0 Å². The third-order valence-corrected chi connectivity index (χ3v) is 7.21. The van der Waals surface area contributed by atoms with Gasteiger partial charge in [-0.25, -0.2) is 9.59 Å². The standard InChI is InChI=1S/C20H22O5.C13H16O5.2CH4/c1-22-19-12-15(8-9-18(19)20(21)23-2)25-17-10-16(11-17)24-13-14-6-4-3-5-7-14;1-16-12-7-9(18-10-5-8(14)6-10)3-4-11(12)13(15)17-2;;/h3-9,12,16-17H,10-11,13H2,1-2H3;3-4,7-8,10,14H,5-6H2,1-2H3;2*1H4. The molecule has 0 bridgehead atoms. The molecule has 0 heterocycles. The molecule has 0 aliphatic heterocycles. The molecule has 0 radical (unpaired) electrons. The third-order valence-electron chi connectivity index (χ3n) is 7.21. The molecule has 246 valence electrons. The van der Waals surface area contributed by atoms with Crippen LogP contribution in [0.15, 0.2) is 66.7 Å². The summed E-state index contributed by atoms with van der Waals surface area (Å²) in [5.41, 5.74) is 1.92. The van der Waals surface area contributed by atoms with Crippen molar-refractivity contribution in [3.05, 3.63) is 83.4 Å². The lowest BCUT2D eigenvalue weighted by molar-refractivity contribution is -0.0684. The van der Waals surface area contributed by atoms with Crippen LogP contribution in [0.5, 0.6) is 23.0 Å². The van der Waals surface area contributed by atoms with Gasteiger partial charge in [-0.05, 0) is 29.8 Å². The lowest BCUT2D eigenvalue weighted by Crippen LogP contribution is -2.39. The molecule has 5 rings (SSSR count). The first kappa shape index (κ1) is 36.9. The number of ether oxygens (including phenoxy) is 7. The van der Waals surface area contributed by atoms with E-state index in [9.17, 15) is 14.7 Å². The van der Waals surface area contributed by atoms with Gasteiger partial charge in [0.15, 0.2) is 0 Å². The predicted octanol–water partition coefficient (Wildman–Crippen LogP) is 6.26. The third kappa shape index (κ3) is 10.1. The molecular weight excluding hydrogens is 580 g/mol. The number of aliphatic hydroxyl groups excluding tert-OH is 1. The van der Waals surface area contributed by atoms with Crippen LogP contribution in [0.3, 0.4) is 0 Å². The molecule has 2 aliphatic rings. The Morgan fingerprint density at radius 2 is 1.13 bits per heavy atom. The summed E-state index contributed by atoms with van der Waals surface area (Å²) in [6.07, 6.45) is 3.11. The highest BCUT2D eigenvalue weighted by Gasteiger charge is 2.32. The van der Waals surface area contributed by atoms with Gasteiger partial charge in [-0.15, -0.1) is 0 Å². The maximum atomic E-state index is 11.7. The van der Waals surface area contributed by atoms with E-state index >= 15 is 0 Å². The lowest BCUT2D eigenvalue weighted by Gasteiger charge is -2.35. The van der Waals surface area contributed by atoms with Gasteiger partial charge in [0.05, 0.1) is 47.3 Å². The van der Waals surface area contributed by atoms with Gasteiger partial charge in [0.2, 0.25) is 0 Å². The van der Waals surface area contributed by atoms with Crippen LogP contribution in [0.2, 0.25) is 0 Å². The summed E-state index contributed by atoms with van der Waals surface area (Å²) in [5, 5.41) is 9.18. The number of carbonyl (C=O) groups is 2. The van der Waals surface area contributed by atoms with Crippen molar-refractivity contribution in [2.75, 3.05) is 28.4 Å². The summed E-state index contributed by atoms with van der Waals surface area (Å²) in [5.74, 6) is 1.28. The minimum absolute atomic E-state index is 0.